The van der Waals surface area contributed by atoms with Gasteiger partial charge in [0.05, 0.1) is 16.7 Å². The van der Waals surface area contributed by atoms with E-state index in [2.05, 4.69) is 75.5 Å². The molecule has 0 aliphatic carbocycles. The first-order chi connectivity index (χ1) is 17.9. The van der Waals surface area contributed by atoms with E-state index in [9.17, 15) is 0 Å². The second kappa shape index (κ2) is 9.50. The summed E-state index contributed by atoms with van der Waals surface area (Å²) < 4.78 is 2.41. The minimum Gasteiger partial charge on any atom is -0.322 e. The minimum absolute atomic E-state index is 0.0786. The molecule has 6 rings (SSSR count). The van der Waals surface area contributed by atoms with Crippen LogP contribution in [0.1, 0.15) is 44.1 Å². The van der Waals surface area contributed by atoms with Crippen LogP contribution in [-0.4, -0.2) is 67.0 Å². The summed E-state index contributed by atoms with van der Waals surface area (Å²) in [4.78, 5) is 23.9. The van der Waals surface area contributed by atoms with Crippen LogP contribution < -0.4 is 5.32 Å². The molecule has 0 unspecified atom stereocenters. The average molecular weight is 497 g/mol. The van der Waals surface area contributed by atoms with Gasteiger partial charge in [-0.15, -0.1) is 0 Å². The lowest BCUT2D eigenvalue weighted by Crippen LogP contribution is -2.45. The number of rotatable bonds is 6. The van der Waals surface area contributed by atoms with Gasteiger partial charge in [0.15, 0.2) is 0 Å². The lowest BCUT2D eigenvalue weighted by atomic mass is 10.0. The predicted molar refractivity (Wildman–Crippen MR) is 148 cm³/mol. The summed E-state index contributed by atoms with van der Waals surface area (Å²) in [6, 6.07) is 10.5. The van der Waals surface area contributed by atoms with Gasteiger partial charge < -0.3 is 14.8 Å². The topological polar surface area (TPSA) is 75.0 Å². The number of nitrogens with one attached hydrogen (secondary N) is 1. The maximum atomic E-state index is 4.95. The summed E-state index contributed by atoms with van der Waals surface area (Å²) in [5.41, 5.74) is 6.72. The summed E-state index contributed by atoms with van der Waals surface area (Å²) in [5.74, 6) is 2.48. The van der Waals surface area contributed by atoms with Crippen molar-refractivity contribution in [2.45, 2.75) is 52.6 Å². The zero-order valence-corrected chi connectivity index (χ0v) is 22.3. The van der Waals surface area contributed by atoms with Crippen molar-refractivity contribution in [1.29, 1.82) is 0 Å². The molecule has 0 radical (unpaired) electrons. The summed E-state index contributed by atoms with van der Waals surface area (Å²) in [7, 11) is 0. The van der Waals surface area contributed by atoms with Crippen molar-refractivity contribution in [2.24, 2.45) is 0 Å². The number of aryl methyl sites for hydroxylation is 2. The van der Waals surface area contributed by atoms with E-state index in [1.807, 2.05) is 18.3 Å². The predicted octanol–water partition coefficient (Wildman–Crippen LogP) is 4.76. The highest BCUT2D eigenvalue weighted by molar-refractivity contribution is 5.85. The second-order valence-corrected chi connectivity index (χ2v) is 11.0. The lowest BCUT2D eigenvalue weighted by molar-refractivity contribution is 0.132. The molecule has 0 atom stereocenters. The van der Waals surface area contributed by atoms with Crippen molar-refractivity contribution in [3.05, 3.63) is 59.7 Å². The monoisotopic (exact) mass is 496 g/mol. The summed E-state index contributed by atoms with van der Waals surface area (Å²) in [5, 5.41) is 3.29. The molecule has 2 aliphatic rings. The SMILES string of the molecule is CCN1CCN(Cc2ccc(Nc3nccc(-c4cc(C)c5nc6n(c5c4)C(C)(C)CC6)n3)nc2)CC1. The molecule has 5 heterocycles. The maximum absolute atomic E-state index is 4.95. The molecule has 1 saturated heterocycles. The quantitative estimate of drug-likeness (QED) is 0.413. The Balaban J connectivity index is 1.19. The third kappa shape index (κ3) is 4.71. The Hall–Kier alpha value is -3.36. The Kier molecular flexibility index (Phi) is 6.16. The van der Waals surface area contributed by atoms with Crippen LogP contribution in [0.25, 0.3) is 22.3 Å². The maximum Gasteiger partial charge on any atom is 0.228 e. The number of likely N-dealkylation sites (N-methyl/N-ethyl adjacent to an activating group) is 1. The number of aromatic nitrogens is 5. The fourth-order valence-electron chi connectivity index (χ4n) is 5.72. The first kappa shape index (κ1) is 24.0. The van der Waals surface area contributed by atoms with E-state index in [0.717, 1.165) is 74.7 Å². The van der Waals surface area contributed by atoms with Gasteiger partial charge in [0, 0.05) is 62.6 Å². The minimum atomic E-state index is 0.0786. The number of hydrogen-bond acceptors (Lipinski definition) is 7. The third-order valence-corrected chi connectivity index (χ3v) is 7.92. The van der Waals surface area contributed by atoms with Gasteiger partial charge in [-0.1, -0.05) is 13.0 Å². The van der Waals surface area contributed by atoms with Crippen molar-refractivity contribution in [1.82, 2.24) is 34.3 Å². The fraction of sp³-hybridized carbons (Fsp3) is 0.448. The number of nitrogens with zero attached hydrogens (tertiary/aromatic N) is 7. The third-order valence-electron chi connectivity index (χ3n) is 7.92. The molecule has 0 saturated carbocycles. The molecule has 0 amide bonds. The van der Waals surface area contributed by atoms with Gasteiger partial charge in [0.1, 0.15) is 11.6 Å². The van der Waals surface area contributed by atoms with E-state index in [1.165, 1.54) is 22.5 Å². The Labute approximate surface area is 218 Å². The van der Waals surface area contributed by atoms with Crippen LogP contribution in [0.5, 0.6) is 0 Å². The van der Waals surface area contributed by atoms with Crippen molar-refractivity contribution < 1.29 is 0 Å². The van der Waals surface area contributed by atoms with Gasteiger partial charge in [0.25, 0.3) is 0 Å². The standard InChI is InChI=1S/C29H36N8/c1-5-35-12-14-36(15-13-35)19-21-6-7-25(31-18-21)33-28-30-11-9-23(32-28)22-16-20(2)27-24(17-22)37-26(34-27)8-10-29(37,3)4/h6-7,9,11,16-18H,5,8,10,12-15,19H2,1-4H3,(H,30,31,32,33). The number of anilines is 2. The molecule has 2 aliphatic heterocycles. The van der Waals surface area contributed by atoms with Crippen LogP contribution in [0.4, 0.5) is 11.8 Å². The van der Waals surface area contributed by atoms with E-state index >= 15 is 0 Å². The number of piperazine rings is 1. The Bertz CT molecular complexity index is 1410. The van der Waals surface area contributed by atoms with Crippen molar-refractivity contribution in [2.75, 3.05) is 38.0 Å². The van der Waals surface area contributed by atoms with Gasteiger partial charge in [0.2, 0.25) is 5.95 Å². The molecular weight excluding hydrogens is 460 g/mol. The normalized spacial score (nSPS) is 17.8. The first-order valence-corrected chi connectivity index (χ1v) is 13.4. The zero-order chi connectivity index (χ0) is 25.6. The molecule has 192 valence electrons. The number of fused-ring (bicyclic) bond motifs is 3. The van der Waals surface area contributed by atoms with Crippen molar-refractivity contribution in [3.63, 3.8) is 0 Å². The summed E-state index contributed by atoms with van der Waals surface area (Å²) in [6.45, 7) is 15.5. The van der Waals surface area contributed by atoms with Gasteiger partial charge in [-0.05, 0) is 69.1 Å². The number of imidazole rings is 1. The van der Waals surface area contributed by atoms with Crippen LogP contribution >= 0.6 is 0 Å². The lowest BCUT2D eigenvalue weighted by Gasteiger charge is -2.33. The highest BCUT2D eigenvalue weighted by Crippen LogP contribution is 2.37. The molecular formula is C29H36N8. The molecule has 0 spiro atoms. The highest BCUT2D eigenvalue weighted by Gasteiger charge is 2.32. The van der Waals surface area contributed by atoms with Crippen LogP contribution in [0.2, 0.25) is 0 Å². The van der Waals surface area contributed by atoms with Crippen molar-refractivity contribution in [3.8, 4) is 11.3 Å². The molecule has 1 aromatic carbocycles. The average Bonchev–Trinajstić information content (AvgIpc) is 3.43. The van der Waals surface area contributed by atoms with Gasteiger partial charge in [-0.25, -0.2) is 19.9 Å². The zero-order valence-electron chi connectivity index (χ0n) is 22.3. The van der Waals surface area contributed by atoms with E-state index in [0.29, 0.717) is 5.95 Å². The Morgan fingerprint density at radius 2 is 1.78 bits per heavy atom. The van der Waals surface area contributed by atoms with E-state index in [-0.39, 0.29) is 5.54 Å². The summed E-state index contributed by atoms with van der Waals surface area (Å²) in [6.07, 6.45) is 5.91. The summed E-state index contributed by atoms with van der Waals surface area (Å²) >= 11 is 0. The van der Waals surface area contributed by atoms with E-state index < -0.39 is 0 Å². The van der Waals surface area contributed by atoms with Gasteiger partial charge in [-0.2, -0.15) is 0 Å². The molecule has 4 aromatic rings. The Morgan fingerprint density at radius 3 is 2.54 bits per heavy atom. The molecule has 37 heavy (non-hydrogen) atoms. The van der Waals surface area contributed by atoms with Crippen LogP contribution in [0.3, 0.4) is 0 Å². The Morgan fingerprint density at radius 1 is 0.973 bits per heavy atom. The van der Waals surface area contributed by atoms with Gasteiger partial charge in [-0.3, -0.25) is 4.90 Å². The molecule has 8 heteroatoms. The van der Waals surface area contributed by atoms with Crippen molar-refractivity contribution >= 4 is 22.8 Å². The molecule has 1 fully saturated rings. The van der Waals surface area contributed by atoms with Crippen LogP contribution in [0.15, 0.2) is 42.7 Å². The highest BCUT2D eigenvalue weighted by atomic mass is 15.3. The number of pyridine rings is 1. The molecule has 0 bridgehead atoms. The van der Waals surface area contributed by atoms with E-state index in [1.54, 1.807) is 6.20 Å². The molecule has 8 nitrogen and oxygen atoms in total. The fourth-order valence-corrected chi connectivity index (χ4v) is 5.72. The first-order valence-electron chi connectivity index (χ1n) is 13.4. The van der Waals surface area contributed by atoms with Gasteiger partial charge >= 0.3 is 0 Å². The molecule has 3 aromatic heterocycles. The largest absolute Gasteiger partial charge is 0.322 e. The van der Waals surface area contributed by atoms with E-state index in [4.69, 9.17) is 9.97 Å². The van der Waals surface area contributed by atoms with Crippen LogP contribution in [0, 0.1) is 6.92 Å². The molecule has 1 N–H and O–H groups in total. The number of hydrogen-bond donors (Lipinski definition) is 1. The smallest absolute Gasteiger partial charge is 0.228 e. The number of benzene rings is 1. The second-order valence-electron chi connectivity index (χ2n) is 11.0. The van der Waals surface area contributed by atoms with Crippen LogP contribution in [-0.2, 0) is 18.5 Å².